The molecule has 0 aliphatic carbocycles. The fourth-order valence-corrected chi connectivity index (χ4v) is 4.75. The monoisotopic (exact) mass is 518 g/mol. The summed E-state index contributed by atoms with van der Waals surface area (Å²) in [6.07, 6.45) is 1.12. The van der Waals surface area contributed by atoms with Crippen molar-refractivity contribution in [3.05, 3.63) is 82.9 Å². The predicted molar refractivity (Wildman–Crippen MR) is 135 cm³/mol. The number of benzene rings is 2. The van der Waals surface area contributed by atoms with E-state index in [1.54, 1.807) is 18.5 Å². The third-order valence-electron chi connectivity index (χ3n) is 6.68. The molecule has 3 heterocycles. The first-order chi connectivity index (χ1) is 16.8. The number of aromatic nitrogens is 3. The number of nitrogens with zero attached hydrogens (tertiary/aromatic N) is 4. The molecule has 0 amide bonds. The van der Waals surface area contributed by atoms with Crippen molar-refractivity contribution in [1.29, 1.82) is 0 Å². The molecule has 2 aromatic carbocycles. The highest BCUT2D eigenvalue weighted by molar-refractivity contribution is 5.85. The van der Waals surface area contributed by atoms with E-state index in [9.17, 15) is 23.1 Å². The summed E-state index contributed by atoms with van der Waals surface area (Å²) >= 11 is 0. The maximum absolute atomic E-state index is 12.8. The number of rotatable bonds is 6. The van der Waals surface area contributed by atoms with Gasteiger partial charge < -0.3 is 5.11 Å². The zero-order valence-electron chi connectivity index (χ0n) is 19.4. The van der Waals surface area contributed by atoms with Gasteiger partial charge in [-0.15, -0.1) is 12.4 Å². The summed E-state index contributed by atoms with van der Waals surface area (Å²) < 4.78 is 41.9. The fourth-order valence-electron chi connectivity index (χ4n) is 4.75. The summed E-state index contributed by atoms with van der Waals surface area (Å²) in [6.45, 7) is 2.69. The number of likely N-dealkylation sites (tertiary alicyclic amines) is 1. The molecule has 0 bridgehead atoms. The zero-order chi connectivity index (χ0) is 24.6. The third kappa shape index (κ3) is 5.18. The number of fused-ring (bicyclic) bond motifs is 1. The lowest BCUT2D eigenvalue weighted by molar-refractivity contribution is -0.137. The van der Waals surface area contributed by atoms with Gasteiger partial charge in [-0.1, -0.05) is 12.1 Å². The molecule has 0 spiro atoms. The minimum atomic E-state index is -4.40. The van der Waals surface area contributed by atoms with E-state index in [0.29, 0.717) is 23.4 Å². The molecule has 0 radical (unpaired) electrons. The van der Waals surface area contributed by atoms with Crippen molar-refractivity contribution in [3.8, 4) is 16.8 Å². The van der Waals surface area contributed by atoms with Gasteiger partial charge in [0, 0.05) is 35.9 Å². The molecule has 10 heteroatoms. The number of alkyl halides is 3. The lowest BCUT2D eigenvalue weighted by Crippen LogP contribution is -2.34. The third-order valence-corrected chi connectivity index (χ3v) is 6.68. The van der Waals surface area contributed by atoms with E-state index in [-0.39, 0.29) is 30.6 Å². The molecule has 1 unspecified atom stereocenters. The molecular weight excluding hydrogens is 493 g/mol. The van der Waals surface area contributed by atoms with Crippen LogP contribution in [-0.4, -0.2) is 50.1 Å². The van der Waals surface area contributed by atoms with Crippen LogP contribution in [0.25, 0.3) is 27.7 Å². The first kappa shape index (κ1) is 25.9. The van der Waals surface area contributed by atoms with Crippen molar-refractivity contribution in [2.24, 2.45) is 0 Å². The van der Waals surface area contributed by atoms with Gasteiger partial charge in [0.25, 0.3) is 5.56 Å². The lowest BCUT2D eigenvalue weighted by atomic mass is 10.0. The van der Waals surface area contributed by atoms with Crippen molar-refractivity contribution in [3.63, 3.8) is 0 Å². The number of aliphatic hydroxyl groups excluding tert-OH is 1. The highest BCUT2D eigenvalue weighted by Crippen LogP contribution is 2.31. The maximum Gasteiger partial charge on any atom is 0.416 e. The van der Waals surface area contributed by atoms with Crippen LogP contribution in [-0.2, 0) is 12.7 Å². The molecule has 2 aromatic heterocycles. The quantitative estimate of drug-likeness (QED) is 0.400. The molecule has 1 fully saturated rings. The van der Waals surface area contributed by atoms with E-state index >= 15 is 0 Å². The number of halogens is 4. The van der Waals surface area contributed by atoms with Crippen LogP contribution in [0.4, 0.5) is 13.2 Å². The van der Waals surface area contributed by atoms with Gasteiger partial charge in [-0.25, -0.2) is 0 Å². The van der Waals surface area contributed by atoms with Gasteiger partial charge in [0.05, 0.1) is 30.4 Å². The zero-order valence-corrected chi connectivity index (χ0v) is 20.2. The summed E-state index contributed by atoms with van der Waals surface area (Å²) in [5.74, 6) is 0. The van der Waals surface area contributed by atoms with Gasteiger partial charge in [0.1, 0.15) is 0 Å². The Balaban J connectivity index is 0.00000304. The number of aliphatic hydroxyl groups is 1. The molecule has 36 heavy (non-hydrogen) atoms. The lowest BCUT2D eigenvalue weighted by Gasteiger charge is -2.22. The van der Waals surface area contributed by atoms with Crippen molar-refractivity contribution in [1.82, 2.24) is 19.2 Å². The first-order valence-corrected chi connectivity index (χ1v) is 11.5. The second-order valence-corrected chi connectivity index (χ2v) is 8.82. The van der Waals surface area contributed by atoms with Gasteiger partial charge in [-0.2, -0.15) is 18.3 Å². The maximum atomic E-state index is 12.8. The van der Waals surface area contributed by atoms with Crippen LogP contribution in [0.1, 0.15) is 18.4 Å². The second kappa shape index (κ2) is 10.5. The van der Waals surface area contributed by atoms with E-state index in [4.69, 9.17) is 0 Å². The van der Waals surface area contributed by atoms with Crippen molar-refractivity contribution in [2.75, 3.05) is 19.7 Å². The molecule has 4 aromatic rings. The van der Waals surface area contributed by atoms with E-state index in [1.807, 2.05) is 22.9 Å². The number of pyridine rings is 1. The van der Waals surface area contributed by atoms with Crippen LogP contribution >= 0.6 is 12.4 Å². The van der Waals surface area contributed by atoms with Gasteiger partial charge in [-0.05, 0) is 66.9 Å². The SMILES string of the molecule is Cl.O=c1cc(-c2ccc(C(F)(F)F)cc2)ccn1-c1ccc2c(cnn2CCN2CCCC2CO)c1. The van der Waals surface area contributed by atoms with Crippen LogP contribution in [0.2, 0.25) is 0 Å². The highest BCUT2D eigenvalue weighted by Gasteiger charge is 2.30. The molecule has 0 saturated carbocycles. The number of hydrogen-bond donors (Lipinski definition) is 1. The predicted octanol–water partition coefficient (Wildman–Crippen LogP) is 4.75. The van der Waals surface area contributed by atoms with Crippen molar-refractivity contribution >= 4 is 23.3 Å². The molecule has 5 rings (SSSR count). The van der Waals surface area contributed by atoms with E-state index < -0.39 is 11.7 Å². The average molecular weight is 519 g/mol. The summed E-state index contributed by atoms with van der Waals surface area (Å²) in [5.41, 5.74) is 1.73. The van der Waals surface area contributed by atoms with E-state index in [0.717, 1.165) is 49.0 Å². The summed E-state index contributed by atoms with van der Waals surface area (Å²) in [7, 11) is 0. The number of hydrogen-bond acceptors (Lipinski definition) is 4. The fraction of sp³-hybridized carbons (Fsp3) is 0.308. The largest absolute Gasteiger partial charge is 0.416 e. The van der Waals surface area contributed by atoms with Gasteiger partial charge in [-0.3, -0.25) is 18.9 Å². The molecule has 1 N–H and O–H groups in total. The summed E-state index contributed by atoms with van der Waals surface area (Å²) in [5, 5.41) is 14.9. The average Bonchev–Trinajstić information content (AvgIpc) is 3.48. The molecule has 190 valence electrons. The normalized spacial score (nSPS) is 16.4. The van der Waals surface area contributed by atoms with E-state index in [1.165, 1.54) is 22.8 Å². The smallest absolute Gasteiger partial charge is 0.395 e. The molecular formula is C26H26ClF3N4O2. The summed E-state index contributed by atoms with van der Waals surface area (Å²) in [4.78, 5) is 15.1. The molecule has 1 saturated heterocycles. The Bertz CT molecular complexity index is 1400. The van der Waals surface area contributed by atoms with E-state index in [2.05, 4.69) is 10.00 Å². The topological polar surface area (TPSA) is 63.3 Å². The molecule has 6 nitrogen and oxygen atoms in total. The Morgan fingerprint density at radius 2 is 1.78 bits per heavy atom. The Morgan fingerprint density at radius 3 is 2.47 bits per heavy atom. The minimum absolute atomic E-state index is 0. The van der Waals surface area contributed by atoms with Gasteiger partial charge in [0.15, 0.2) is 0 Å². The van der Waals surface area contributed by atoms with Crippen molar-refractivity contribution in [2.45, 2.75) is 31.6 Å². The van der Waals surface area contributed by atoms with Crippen LogP contribution < -0.4 is 5.56 Å². The minimum Gasteiger partial charge on any atom is -0.395 e. The van der Waals surface area contributed by atoms with Crippen molar-refractivity contribution < 1.29 is 18.3 Å². The highest BCUT2D eigenvalue weighted by atomic mass is 35.5. The summed E-state index contributed by atoms with van der Waals surface area (Å²) in [6, 6.07) is 13.8. The Hall–Kier alpha value is -3.14. The van der Waals surface area contributed by atoms with Crippen LogP contribution in [0, 0.1) is 0 Å². The second-order valence-electron chi connectivity index (χ2n) is 8.82. The Labute approximate surface area is 212 Å². The van der Waals surface area contributed by atoms with Crippen LogP contribution in [0.15, 0.2) is 71.8 Å². The molecule has 1 aliphatic heterocycles. The van der Waals surface area contributed by atoms with Gasteiger partial charge in [0.2, 0.25) is 0 Å². The van der Waals surface area contributed by atoms with Crippen LogP contribution in [0.3, 0.4) is 0 Å². The molecule has 1 atom stereocenters. The first-order valence-electron chi connectivity index (χ1n) is 11.5. The molecule has 1 aliphatic rings. The Morgan fingerprint density at radius 1 is 1.00 bits per heavy atom. The standard InChI is InChI=1S/C26H25F3N4O2.ClH/c27-26(28,29)21-5-3-18(4-6-21)19-9-11-32(25(35)15-19)22-7-8-24-20(14-22)16-30-33(24)13-12-31-10-1-2-23(31)17-34;/h3-9,11,14-16,23,34H,1-2,10,12-13,17H2;1H. The van der Waals surface area contributed by atoms with Gasteiger partial charge >= 0.3 is 6.18 Å². The Kier molecular flexibility index (Phi) is 7.54. The van der Waals surface area contributed by atoms with Crippen LogP contribution in [0.5, 0.6) is 0 Å².